The zero-order valence-electron chi connectivity index (χ0n) is 20.6. The van der Waals surface area contributed by atoms with Crippen LogP contribution in [-0.2, 0) is 0 Å². The maximum atomic E-state index is 9.68. The number of halogens is 1. The Hall–Kier alpha value is -2.79. The summed E-state index contributed by atoms with van der Waals surface area (Å²) in [4.78, 5) is 12.2. The molecule has 0 bridgehead atoms. The van der Waals surface area contributed by atoms with E-state index < -0.39 is 0 Å². The van der Waals surface area contributed by atoms with Gasteiger partial charge in [-0.1, -0.05) is 36.7 Å². The second-order valence-electron chi connectivity index (χ2n) is 10.0. The molecule has 2 aliphatic rings. The molecule has 0 radical (unpaired) electrons. The van der Waals surface area contributed by atoms with Crippen molar-refractivity contribution in [2.45, 2.75) is 64.6 Å². The summed E-state index contributed by atoms with van der Waals surface area (Å²) in [7, 11) is 0. The first kappa shape index (κ1) is 23.9. The van der Waals surface area contributed by atoms with E-state index in [-0.39, 0.29) is 11.7 Å². The van der Waals surface area contributed by atoms with Crippen molar-refractivity contribution in [3.63, 3.8) is 0 Å². The molecule has 1 aromatic carbocycles. The standard InChI is InChI=1S/C27H32ClN7/c1-16-6-8-21(22(28)11-16)18(3)35-27-26(23(14-30)33-35)31-15-24(32-27)19-7-9-25(17(2)12-19)34-10-4-5-20(34)13-29/h6-8,11,15,17-18,20,25H,4-5,9-10,12-13,29H2,1-3H3/t17-,18-,20+,25+/m1/s1. The van der Waals surface area contributed by atoms with Gasteiger partial charge in [0.25, 0.3) is 0 Å². The molecule has 0 unspecified atom stereocenters. The molecule has 35 heavy (non-hydrogen) atoms. The third-order valence-electron chi connectivity index (χ3n) is 7.74. The van der Waals surface area contributed by atoms with Crippen LogP contribution in [0.1, 0.15) is 68.1 Å². The van der Waals surface area contributed by atoms with Crippen molar-refractivity contribution in [3.05, 3.63) is 58.0 Å². The van der Waals surface area contributed by atoms with E-state index >= 15 is 0 Å². The molecule has 3 aromatic rings. The summed E-state index contributed by atoms with van der Waals surface area (Å²) in [6, 6.07) is 9.00. The third-order valence-corrected chi connectivity index (χ3v) is 8.06. The van der Waals surface area contributed by atoms with Crippen molar-refractivity contribution >= 4 is 28.3 Å². The summed E-state index contributed by atoms with van der Waals surface area (Å²) in [5.41, 5.74) is 11.6. The number of hydrogen-bond donors (Lipinski definition) is 1. The summed E-state index contributed by atoms with van der Waals surface area (Å²) < 4.78 is 1.78. The Bertz CT molecular complexity index is 1320. The van der Waals surface area contributed by atoms with E-state index in [0.717, 1.165) is 42.8 Å². The van der Waals surface area contributed by atoms with E-state index in [1.54, 1.807) is 10.9 Å². The molecule has 3 heterocycles. The van der Waals surface area contributed by atoms with Gasteiger partial charge in [-0.15, -0.1) is 0 Å². The number of allylic oxidation sites excluding steroid dienone is 1. The molecule has 5 rings (SSSR count). The van der Waals surface area contributed by atoms with E-state index in [2.05, 4.69) is 34.1 Å². The fourth-order valence-corrected chi connectivity index (χ4v) is 6.19. The highest BCUT2D eigenvalue weighted by molar-refractivity contribution is 6.31. The summed E-state index contributed by atoms with van der Waals surface area (Å²) in [6.07, 6.45) is 8.47. The number of likely N-dealkylation sites (tertiary alicyclic amines) is 1. The quantitative estimate of drug-likeness (QED) is 0.549. The fourth-order valence-electron chi connectivity index (χ4n) is 5.79. The molecule has 0 spiro atoms. The van der Waals surface area contributed by atoms with Crippen molar-refractivity contribution in [1.29, 1.82) is 5.26 Å². The number of hydrogen-bond acceptors (Lipinski definition) is 6. The molecule has 0 saturated carbocycles. The van der Waals surface area contributed by atoms with Gasteiger partial charge in [0.2, 0.25) is 0 Å². The zero-order valence-corrected chi connectivity index (χ0v) is 21.3. The first-order chi connectivity index (χ1) is 16.9. The number of aromatic nitrogens is 4. The molecular weight excluding hydrogens is 458 g/mol. The van der Waals surface area contributed by atoms with Gasteiger partial charge in [0, 0.05) is 23.7 Å². The molecule has 4 atom stereocenters. The molecule has 1 fully saturated rings. The van der Waals surface area contributed by atoms with E-state index in [4.69, 9.17) is 22.3 Å². The van der Waals surface area contributed by atoms with Gasteiger partial charge in [-0.3, -0.25) is 4.90 Å². The zero-order chi connectivity index (χ0) is 24.7. The largest absolute Gasteiger partial charge is 0.329 e. The molecule has 0 amide bonds. The van der Waals surface area contributed by atoms with Crippen molar-refractivity contribution < 1.29 is 0 Å². The van der Waals surface area contributed by atoms with E-state index in [0.29, 0.717) is 34.2 Å². The van der Waals surface area contributed by atoms with Crippen LogP contribution >= 0.6 is 11.6 Å². The van der Waals surface area contributed by atoms with Crippen LogP contribution < -0.4 is 5.73 Å². The van der Waals surface area contributed by atoms with Crippen LogP contribution in [0.2, 0.25) is 5.02 Å². The number of benzene rings is 1. The molecule has 1 saturated heterocycles. The van der Waals surface area contributed by atoms with Crippen LogP contribution in [-0.4, -0.2) is 49.8 Å². The monoisotopic (exact) mass is 489 g/mol. The topological polar surface area (TPSA) is 96.7 Å². The van der Waals surface area contributed by atoms with E-state index in [9.17, 15) is 5.26 Å². The summed E-state index contributed by atoms with van der Waals surface area (Å²) >= 11 is 6.56. The maximum absolute atomic E-state index is 9.68. The van der Waals surface area contributed by atoms with Crippen LogP contribution in [0.25, 0.3) is 16.7 Å². The van der Waals surface area contributed by atoms with Crippen molar-refractivity contribution in [2.24, 2.45) is 11.7 Å². The molecule has 1 aliphatic carbocycles. The molecule has 8 heteroatoms. The Morgan fingerprint density at radius 2 is 2.17 bits per heavy atom. The van der Waals surface area contributed by atoms with Gasteiger partial charge in [-0.05, 0) is 74.8 Å². The minimum absolute atomic E-state index is 0.191. The highest BCUT2D eigenvalue weighted by Crippen LogP contribution is 2.36. The van der Waals surface area contributed by atoms with Gasteiger partial charge < -0.3 is 5.73 Å². The first-order valence-corrected chi connectivity index (χ1v) is 12.9. The minimum atomic E-state index is -0.191. The van der Waals surface area contributed by atoms with Crippen molar-refractivity contribution in [1.82, 2.24) is 24.6 Å². The molecule has 2 N–H and O–H groups in total. The SMILES string of the molecule is Cc1ccc([C@@H](C)n2nc(C#N)c3ncc(C4=CC[C@H](N5CCC[C@H]5CN)[C@H](C)C4)nc32)c(Cl)c1. The Balaban J connectivity index is 1.49. The predicted molar refractivity (Wildman–Crippen MR) is 139 cm³/mol. The molecule has 7 nitrogen and oxygen atoms in total. The summed E-state index contributed by atoms with van der Waals surface area (Å²) in [5, 5.41) is 14.9. The summed E-state index contributed by atoms with van der Waals surface area (Å²) in [5.74, 6) is 0.504. The van der Waals surface area contributed by atoms with Crippen LogP contribution in [0.4, 0.5) is 0 Å². The van der Waals surface area contributed by atoms with Crippen LogP contribution in [0, 0.1) is 24.2 Å². The Kier molecular flexibility index (Phi) is 6.63. The predicted octanol–water partition coefficient (Wildman–Crippen LogP) is 4.87. The Labute approximate surface area is 211 Å². The Morgan fingerprint density at radius 3 is 2.89 bits per heavy atom. The number of rotatable bonds is 5. The molecule has 2 aromatic heterocycles. The normalized spacial score (nSPS) is 23.9. The van der Waals surface area contributed by atoms with E-state index in [1.807, 2.05) is 32.0 Å². The Morgan fingerprint density at radius 1 is 1.34 bits per heavy atom. The number of nitrogens with zero attached hydrogens (tertiary/aromatic N) is 6. The highest BCUT2D eigenvalue weighted by Gasteiger charge is 2.35. The van der Waals surface area contributed by atoms with Crippen molar-refractivity contribution in [2.75, 3.05) is 13.1 Å². The highest BCUT2D eigenvalue weighted by atomic mass is 35.5. The second kappa shape index (κ2) is 9.69. The molecule has 182 valence electrons. The number of nitriles is 1. The lowest BCUT2D eigenvalue weighted by Gasteiger charge is -2.38. The molecule has 1 aliphatic heterocycles. The number of fused-ring (bicyclic) bond motifs is 1. The van der Waals surface area contributed by atoms with Gasteiger partial charge in [0.1, 0.15) is 11.6 Å². The van der Waals surface area contributed by atoms with Gasteiger partial charge in [0.05, 0.1) is 17.9 Å². The number of aryl methyl sites for hydroxylation is 1. The van der Waals surface area contributed by atoms with Crippen LogP contribution in [0.5, 0.6) is 0 Å². The molecular formula is C27H32ClN7. The number of nitrogens with two attached hydrogens (primary N) is 1. The lowest BCUT2D eigenvalue weighted by atomic mass is 9.83. The van der Waals surface area contributed by atoms with Gasteiger partial charge in [-0.2, -0.15) is 10.4 Å². The van der Waals surface area contributed by atoms with Crippen LogP contribution in [0.15, 0.2) is 30.5 Å². The lowest BCUT2D eigenvalue weighted by molar-refractivity contribution is 0.135. The van der Waals surface area contributed by atoms with Crippen molar-refractivity contribution in [3.8, 4) is 6.07 Å². The summed E-state index contributed by atoms with van der Waals surface area (Å²) in [6.45, 7) is 8.24. The van der Waals surface area contributed by atoms with Gasteiger partial charge in [0.15, 0.2) is 11.3 Å². The average molecular weight is 490 g/mol. The van der Waals surface area contributed by atoms with E-state index in [1.165, 1.54) is 18.4 Å². The average Bonchev–Trinajstić information content (AvgIpc) is 3.47. The third kappa shape index (κ3) is 4.35. The van der Waals surface area contributed by atoms with Gasteiger partial charge in [-0.25, -0.2) is 14.6 Å². The lowest BCUT2D eigenvalue weighted by Crippen LogP contribution is -2.46. The van der Waals surface area contributed by atoms with Gasteiger partial charge >= 0.3 is 0 Å². The second-order valence-corrected chi connectivity index (χ2v) is 10.4. The first-order valence-electron chi connectivity index (χ1n) is 12.5. The maximum Gasteiger partial charge on any atom is 0.190 e. The fraction of sp³-hybridized carbons (Fsp3) is 0.481. The minimum Gasteiger partial charge on any atom is -0.329 e. The smallest absolute Gasteiger partial charge is 0.190 e. The van der Waals surface area contributed by atoms with Crippen LogP contribution in [0.3, 0.4) is 0 Å².